The molecule has 1 aromatic rings. The number of H-pyrrole nitrogens is 1. The third-order valence-electron chi connectivity index (χ3n) is 3.39. The van der Waals surface area contributed by atoms with Gasteiger partial charge in [-0.1, -0.05) is 13.3 Å². The van der Waals surface area contributed by atoms with Crippen molar-refractivity contribution < 1.29 is 4.74 Å². The topological polar surface area (TPSA) is 55.0 Å². The maximum Gasteiger partial charge on any atom is 0.265 e. The van der Waals surface area contributed by atoms with Gasteiger partial charge in [-0.15, -0.1) is 0 Å². The molecule has 0 amide bonds. The highest BCUT2D eigenvalue weighted by Crippen LogP contribution is 2.32. The van der Waals surface area contributed by atoms with E-state index in [1.807, 2.05) is 6.92 Å². The van der Waals surface area contributed by atoms with Gasteiger partial charge in [-0.2, -0.15) is 0 Å². The molecule has 1 fully saturated rings. The van der Waals surface area contributed by atoms with Crippen LogP contribution in [0.2, 0.25) is 0 Å². The van der Waals surface area contributed by atoms with Gasteiger partial charge in [-0.3, -0.25) is 4.79 Å². The second kappa shape index (κ2) is 5.53. The number of aromatic nitrogens is 2. The summed E-state index contributed by atoms with van der Waals surface area (Å²) in [7, 11) is 0. The van der Waals surface area contributed by atoms with Gasteiger partial charge in [0.15, 0.2) is 0 Å². The van der Waals surface area contributed by atoms with E-state index in [4.69, 9.17) is 4.74 Å². The molecule has 1 aliphatic heterocycles. The van der Waals surface area contributed by atoms with Crippen molar-refractivity contribution in [3.05, 3.63) is 26.3 Å². The van der Waals surface area contributed by atoms with Crippen molar-refractivity contribution >= 4 is 15.9 Å². The monoisotopic (exact) mass is 314 g/mol. The first-order chi connectivity index (χ1) is 8.57. The Morgan fingerprint density at radius 2 is 2.28 bits per heavy atom. The van der Waals surface area contributed by atoms with Gasteiger partial charge in [0.2, 0.25) is 0 Å². The predicted octanol–water partition coefficient (Wildman–Crippen LogP) is 2.90. The summed E-state index contributed by atoms with van der Waals surface area (Å²) in [5, 5.41) is 0. The van der Waals surface area contributed by atoms with Gasteiger partial charge in [0, 0.05) is 6.61 Å². The first-order valence-electron chi connectivity index (χ1n) is 6.50. The number of ether oxygens (including phenoxy) is 1. The van der Waals surface area contributed by atoms with Crippen LogP contribution in [0.3, 0.4) is 0 Å². The molecule has 2 heterocycles. The third kappa shape index (κ3) is 2.67. The van der Waals surface area contributed by atoms with Gasteiger partial charge in [0.1, 0.15) is 15.9 Å². The summed E-state index contributed by atoms with van der Waals surface area (Å²) in [4.78, 5) is 19.4. The molecular weight excluding hydrogens is 296 g/mol. The SMILES string of the molecule is CCCc1nc(C2(C)CCCCO2)[nH]c(=O)c1Br. The molecule has 100 valence electrons. The molecular formula is C13H19BrN2O2. The molecule has 1 unspecified atom stereocenters. The van der Waals surface area contributed by atoms with Crippen molar-refractivity contribution in [3.63, 3.8) is 0 Å². The Labute approximate surface area is 115 Å². The minimum atomic E-state index is -0.444. The molecule has 18 heavy (non-hydrogen) atoms. The normalized spacial score (nSPS) is 24.2. The van der Waals surface area contributed by atoms with E-state index >= 15 is 0 Å². The molecule has 1 N–H and O–H groups in total. The van der Waals surface area contributed by atoms with Crippen molar-refractivity contribution in [1.29, 1.82) is 0 Å². The molecule has 1 aliphatic rings. The molecule has 0 radical (unpaired) electrons. The summed E-state index contributed by atoms with van der Waals surface area (Å²) < 4.78 is 6.38. The highest BCUT2D eigenvalue weighted by atomic mass is 79.9. The molecule has 0 bridgehead atoms. The molecule has 0 spiro atoms. The first kappa shape index (κ1) is 13.7. The molecule has 0 aromatic carbocycles. The summed E-state index contributed by atoms with van der Waals surface area (Å²) in [6.07, 6.45) is 4.86. The van der Waals surface area contributed by atoms with E-state index in [1.54, 1.807) is 0 Å². The molecule has 1 saturated heterocycles. The second-order valence-electron chi connectivity index (χ2n) is 4.96. The highest BCUT2D eigenvalue weighted by Gasteiger charge is 2.33. The average Bonchev–Trinajstić information content (AvgIpc) is 2.36. The average molecular weight is 315 g/mol. The maximum absolute atomic E-state index is 11.9. The second-order valence-corrected chi connectivity index (χ2v) is 5.75. The van der Waals surface area contributed by atoms with Gasteiger partial charge >= 0.3 is 0 Å². The predicted molar refractivity (Wildman–Crippen MR) is 73.7 cm³/mol. The van der Waals surface area contributed by atoms with E-state index in [0.29, 0.717) is 10.3 Å². The van der Waals surface area contributed by atoms with Crippen LogP contribution < -0.4 is 5.56 Å². The summed E-state index contributed by atoms with van der Waals surface area (Å²) in [6, 6.07) is 0. The number of aromatic amines is 1. The number of nitrogens with zero attached hydrogens (tertiary/aromatic N) is 1. The van der Waals surface area contributed by atoms with Crippen LogP contribution in [0.15, 0.2) is 9.27 Å². The van der Waals surface area contributed by atoms with E-state index in [-0.39, 0.29) is 5.56 Å². The summed E-state index contributed by atoms with van der Waals surface area (Å²) in [6.45, 7) is 4.82. The summed E-state index contributed by atoms with van der Waals surface area (Å²) in [5.41, 5.74) is 0.270. The largest absolute Gasteiger partial charge is 0.367 e. The zero-order chi connectivity index (χ0) is 13.2. The van der Waals surface area contributed by atoms with Gasteiger partial charge < -0.3 is 9.72 Å². The lowest BCUT2D eigenvalue weighted by Crippen LogP contribution is -2.35. The van der Waals surface area contributed by atoms with Crippen LogP contribution in [0.25, 0.3) is 0 Å². The standard InChI is InChI=1S/C13H19BrN2O2/c1-3-6-9-10(14)11(17)16-12(15-9)13(2)7-4-5-8-18-13/h3-8H2,1-2H3,(H,15,16,17). The quantitative estimate of drug-likeness (QED) is 0.933. The Bertz CT molecular complexity index is 478. The fraction of sp³-hybridized carbons (Fsp3) is 0.692. The van der Waals surface area contributed by atoms with Crippen LogP contribution in [-0.2, 0) is 16.8 Å². The third-order valence-corrected chi connectivity index (χ3v) is 4.21. The molecule has 4 nitrogen and oxygen atoms in total. The Kier molecular flexibility index (Phi) is 4.22. The minimum absolute atomic E-state index is 0.112. The van der Waals surface area contributed by atoms with E-state index in [9.17, 15) is 4.79 Å². The van der Waals surface area contributed by atoms with Crippen LogP contribution in [0.5, 0.6) is 0 Å². The maximum atomic E-state index is 11.9. The fourth-order valence-electron chi connectivity index (χ4n) is 2.28. The molecule has 2 rings (SSSR count). The number of rotatable bonds is 3. The zero-order valence-corrected chi connectivity index (χ0v) is 12.5. The van der Waals surface area contributed by atoms with Crippen LogP contribution >= 0.6 is 15.9 Å². The van der Waals surface area contributed by atoms with Gasteiger partial charge in [-0.05, 0) is 48.5 Å². The van der Waals surface area contributed by atoms with E-state index in [0.717, 1.165) is 44.4 Å². The van der Waals surface area contributed by atoms with Crippen LogP contribution in [0, 0.1) is 0 Å². The van der Waals surface area contributed by atoms with Crippen molar-refractivity contribution in [2.45, 2.75) is 51.6 Å². The smallest absolute Gasteiger partial charge is 0.265 e. The van der Waals surface area contributed by atoms with Crippen molar-refractivity contribution in [2.24, 2.45) is 0 Å². The number of hydrogen-bond acceptors (Lipinski definition) is 3. The summed E-state index contributed by atoms with van der Waals surface area (Å²) in [5.74, 6) is 0.666. The first-order valence-corrected chi connectivity index (χ1v) is 7.29. The fourth-order valence-corrected chi connectivity index (χ4v) is 2.67. The van der Waals surface area contributed by atoms with Crippen LogP contribution in [0.4, 0.5) is 0 Å². The highest BCUT2D eigenvalue weighted by molar-refractivity contribution is 9.10. The zero-order valence-electron chi connectivity index (χ0n) is 10.9. The molecule has 0 saturated carbocycles. The molecule has 1 aromatic heterocycles. The van der Waals surface area contributed by atoms with E-state index in [1.165, 1.54) is 0 Å². The Balaban J connectivity index is 2.41. The van der Waals surface area contributed by atoms with Crippen LogP contribution in [-0.4, -0.2) is 16.6 Å². The van der Waals surface area contributed by atoms with Crippen molar-refractivity contribution in [1.82, 2.24) is 9.97 Å². The Hall–Kier alpha value is -0.680. The van der Waals surface area contributed by atoms with E-state index < -0.39 is 5.60 Å². The molecule has 0 aliphatic carbocycles. The Morgan fingerprint density at radius 1 is 1.50 bits per heavy atom. The molecule has 1 atom stereocenters. The number of nitrogens with one attached hydrogen (secondary N) is 1. The Morgan fingerprint density at radius 3 is 2.89 bits per heavy atom. The number of hydrogen-bond donors (Lipinski definition) is 1. The van der Waals surface area contributed by atoms with Crippen molar-refractivity contribution in [3.8, 4) is 0 Å². The van der Waals surface area contributed by atoms with Gasteiger partial charge in [0.25, 0.3) is 5.56 Å². The van der Waals surface area contributed by atoms with Gasteiger partial charge in [-0.25, -0.2) is 4.98 Å². The number of aryl methyl sites for hydroxylation is 1. The van der Waals surface area contributed by atoms with Gasteiger partial charge in [0.05, 0.1) is 5.69 Å². The van der Waals surface area contributed by atoms with E-state index in [2.05, 4.69) is 32.8 Å². The summed E-state index contributed by atoms with van der Waals surface area (Å²) >= 11 is 3.31. The lowest BCUT2D eigenvalue weighted by molar-refractivity contribution is -0.0763. The lowest BCUT2D eigenvalue weighted by Gasteiger charge is -2.33. The van der Waals surface area contributed by atoms with Crippen molar-refractivity contribution in [2.75, 3.05) is 6.61 Å². The minimum Gasteiger partial charge on any atom is -0.367 e. The lowest BCUT2D eigenvalue weighted by atomic mass is 9.95. The molecule has 5 heteroatoms. The number of halogens is 1. The van der Waals surface area contributed by atoms with Crippen LogP contribution in [0.1, 0.15) is 51.0 Å².